The second-order valence-electron chi connectivity index (χ2n) is 7.92. The van der Waals surface area contributed by atoms with Gasteiger partial charge in [-0.15, -0.1) is 10.2 Å². The summed E-state index contributed by atoms with van der Waals surface area (Å²) < 4.78 is 31.1. The lowest BCUT2D eigenvalue weighted by molar-refractivity contribution is -0.0498. The minimum absolute atomic E-state index is 0.0270. The molecule has 0 N–H and O–H groups in total. The maximum atomic E-state index is 12.7. The zero-order valence-corrected chi connectivity index (χ0v) is 19.0. The number of aromatic nitrogens is 3. The lowest BCUT2D eigenvalue weighted by Crippen LogP contribution is -2.30. The number of piperidine rings is 1. The molecule has 0 amide bonds. The number of hydrogen-bond acceptors (Lipinski definition) is 6. The summed E-state index contributed by atoms with van der Waals surface area (Å²) in [6.45, 7) is 0.597. The molecule has 1 saturated heterocycles. The van der Waals surface area contributed by atoms with E-state index >= 15 is 0 Å². The van der Waals surface area contributed by atoms with Crippen molar-refractivity contribution >= 4 is 17.5 Å². The molecule has 1 aliphatic heterocycles. The van der Waals surface area contributed by atoms with Gasteiger partial charge in [0.2, 0.25) is 0 Å². The highest BCUT2D eigenvalue weighted by atomic mass is 32.2. The van der Waals surface area contributed by atoms with Crippen LogP contribution in [-0.2, 0) is 13.1 Å². The van der Waals surface area contributed by atoms with Crippen molar-refractivity contribution in [2.24, 2.45) is 0 Å². The molecule has 1 fully saturated rings. The van der Waals surface area contributed by atoms with Crippen LogP contribution in [0.25, 0.3) is 0 Å². The Morgan fingerprint density at radius 2 is 1.70 bits per heavy atom. The van der Waals surface area contributed by atoms with Crippen molar-refractivity contribution in [1.29, 1.82) is 0 Å². The van der Waals surface area contributed by atoms with E-state index in [2.05, 4.69) is 36.5 Å². The molecule has 9 heteroatoms. The number of likely N-dealkylation sites (tertiary alicyclic amines) is 1. The fraction of sp³-hybridized carbons (Fsp3) is 0.375. The van der Waals surface area contributed by atoms with Crippen molar-refractivity contribution in [3.63, 3.8) is 0 Å². The number of nitrogens with zero attached hydrogens (tertiary/aromatic N) is 4. The van der Waals surface area contributed by atoms with Gasteiger partial charge in [0.1, 0.15) is 11.6 Å². The average molecular weight is 473 g/mol. The molecule has 0 atom stereocenters. The molecule has 4 rings (SSSR count). The molecule has 33 heavy (non-hydrogen) atoms. The van der Waals surface area contributed by atoms with E-state index < -0.39 is 6.61 Å². The van der Waals surface area contributed by atoms with Crippen molar-refractivity contribution in [3.8, 4) is 5.75 Å². The number of thioether (sulfide) groups is 1. The summed E-state index contributed by atoms with van der Waals surface area (Å²) in [4.78, 5) is 15.1. The number of alkyl halides is 2. The van der Waals surface area contributed by atoms with Gasteiger partial charge in [-0.1, -0.05) is 48.5 Å². The highest BCUT2D eigenvalue weighted by molar-refractivity contribution is 7.99. The zero-order valence-electron chi connectivity index (χ0n) is 18.2. The van der Waals surface area contributed by atoms with Gasteiger partial charge in [-0.25, -0.2) is 0 Å². The quantitative estimate of drug-likeness (QED) is 0.309. The Bertz CT molecular complexity index is 1040. The third-order valence-electron chi connectivity index (χ3n) is 5.52. The number of ketones is 1. The molecular weight excluding hydrogens is 446 g/mol. The number of halogens is 2. The van der Waals surface area contributed by atoms with Crippen LogP contribution in [0.15, 0.2) is 59.8 Å². The summed E-state index contributed by atoms with van der Waals surface area (Å²) in [5.41, 5.74) is 1.58. The highest BCUT2D eigenvalue weighted by Crippen LogP contribution is 2.23. The summed E-state index contributed by atoms with van der Waals surface area (Å²) >= 11 is 1.34. The molecule has 0 unspecified atom stereocenters. The van der Waals surface area contributed by atoms with Gasteiger partial charge in [-0.05, 0) is 55.8 Å². The van der Waals surface area contributed by atoms with E-state index in [1.54, 1.807) is 0 Å². The molecule has 1 aromatic heterocycles. The molecular formula is C24H26F2N4O2S. The van der Waals surface area contributed by atoms with Crippen LogP contribution < -0.4 is 4.74 Å². The highest BCUT2D eigenvalue weighted by Gasteiger charge is 2.19. The van der Waals surface area contributed by atoms with Crippen molar-refractivity contribution in [2.45, 2.75) is 44.1 Å². The van der Waals surface area contributed by atoms with E-state index in [0.29, 0.717) is 17.3 Å². The second-order valence-corrected chi connectivity index (χ2v) is 8.86. The summed E-state index contributed by atoms with van der Waals surface area (Å²) in [5.74, 6) is 0.977. The van der Waals surface area contributed by atoms with Gasteiger partial charge in [0, 0.05) is 5.56 Å². The number of benzene rings is 2. The lowest BCUT2D eigenvalue weighted by atomic mass is 10.1. The third kappa shape index (κ3) is 6.61. The van der Waals surface area contributed by atoms with Crippen LogP contribution in [0, 0.1) is 0 Å². The number of rotatable bonds is 10. The Morgan fingerprint density at radius 3 is 2.39 bits per heavy atom. The average Bonchev–Trinajstić information content (AvgIpc) is 3.20. The minimum Gasteiger partial charge on any atom is -0.435 e. The van der Waals surface area contributed by atoms with E-state index in [1.165, 1.54) is 55.3 Å². The van der Waals surface area contributed by atoms with Crippen molar-refractivity contribution in [2.75, 3.05) is 18.8 Å². The molecule has 0 bridgehead atoms. The number of Topliss-reactive ketones (excluding diaryl/α,β-unsaturated/α-hetero) is 1. The maximum absolute atomic E-state index is 12.7. The molecule has 0 aliphatic carbocycles. The van der Waals surface area contributed by atoms with Gasteiger partial charge in [-0.3, -0.25) is 9.69 Å². The molecule has 0 spiro atoms. The van der Waals surface area contributed by atoms with E-state index in [9.17, 15) is 13.6 Å². The Morgan fingerprint density at radius 1 is 0.970 bits per heavy atom. The minimum atomic E-state index is -2.89. The first-order chi connectivity index (χ1) is 16.1. The molecule has 2 heterocycles. The van der Waals surface area contributed by atoms with Crippen molar-refractivity contribution in [1.82, 2.24) is 19.7 Å². The predicted octanol–water partition coefficient (Wildman–Crippen LogP) is 4.89. The largest absolute Gasteiger partial charge is 0.435 e. The SMILES string of the molecule is O=C(CSc1nnc(CN2CCCCC2)n1Cc1ccccc1)c1ccc(OC(F)F)cc1. The topological polar surface area (TPSA) is 60.2 Å². The van der Waals surface area contributed by atoms with E-state index in [1.807, 2.05) is 18.2 Å². The molecule has 0 saturated carbocycles. The predicted molar refractivity (Wildman–Crippen MR) is 123 cm³/mol. The number of carbonyl (C=O) groups excluding carboxylic acids is 1. The molecule has 3 aromatic rings. The van der Waals surface area contributed by atoms with Crippen LogP contribution in [0.1, 0.15) is 41.0 Å². The lowest BCUT2D eigenvalue weighted by Gasteiger charge is -2.26. The fourth-order valence-corrected chi connectivity index (χ4v) is 4.67. The van der Waals surface area contributed by atoms with Crippen LogP contribution in [0.3, 0.4) is 0 Å². The zero-order chi connectivity index (χ0) is 23.0. The summed E-state index contributed by atoms with van der Waals surface area (Å²) in [6.07, 6.45) is 3.67. The van der Waals surface area contributed by atoms with Crippen LogP contribution in [0.5, 0.6) is 5.75 Å². The normalized spacial score (nSPS) is 14.5. The molecule has 1 aliphatic rings. The van der Waals surface area contributed by atoms with Gasteiger partial charge in [0.05, 0.1) is 18.8 Å². The molecule has 0 radical (unpaired) electrons. The molecule has 6 nitrogen and oxygen atoms in total. The maximum Gasteiger partial charge on any atom is 0.387 e. The molecule has 174 valence electrons. The van der Waals surface area contributed by atoms with Gasteiger partial charge >= 0.3 is 6.61 Å². The van der Waals surface area contributed by atoms with Gasteiger partial charge < -0.3 is 9.30 Å². The number of carbonyl (C=O) groups is 1. The third-order valence-corrected chi connectivity index (χ3v) is 6.49. The fourth-order valence-electron chi connectivity index (χ4n) is 3.82. The first-order valence-corrected chi connectivity index (χ1v) is 12.0. The first-order valence-electron chi connectivity index (χ1n) is 11.0. The van der Waals surface area contributed by atoms with Gasteiger partial charge in [-0.2, -0.15) is 8.78 Å². The van der Waals surface area contributed by atoms with E-state index in [-0.39, 0.29) is 17.3 Å². The molecule has 2 aromatic carbocycles. The van der Waals surface area contributed by atoms with Crippen LogP contribution in [0.2, 0.25) is 0 Å². The first kappa shape index (κ1) is 23.4. The van der Waals surface area contributed by atoms with E-state index in [0.717, 1.165) is 31.0 Å². The number of hydrogen-bond donors (Lipinski definition) is 0. The number of ether oxygens (including phenoxy) is 1. The Labute approximate surface area is 196 Å². The van der Waals surface area contributed by atoms with Crippen LogP contribution >= 0.6 is 11.8 Å². The monoisotopic (exact) mass is 472 g/mol. The second kappa shape index (κ2) is 11.4. The Kier molecular flexibility index (Phi) is 8.06. The van der Waals surface area contributed by atoms with Crippen LogP contribution in [-0.4, -0.2) is 50.9 Å². The smallest absolute Gasteiger partial charge is 0.387 e. The van der Waals surface area contributed by atoms with Gasteiger partial charge in [0.15, 0.2) is 10.9 Å². The Balaban J connectivity index is 1.46. The van der Waals surface area contributed by atoms with Crippen molar-refractivity contribution < 1.29 is 18.3 Å². The Hall–Kier alpha value is -2.78. The summed E-state index contributed by atoms with van der Waals surface area (Å²) in [5, 5.41) is 9.52. The standard InChI is InChI=1S/C24H26F2N4O2S/c25-23(26)32-20-11-9-19(10-12-20)21(31)17-33-24-28-27-22(16-29-13-5-2-6-14-29)30(24)15-18-7-3-1-4-8-18/h1,3-4,7-12,23H,2,5-6,13-17H2. The van der Waals surface area contributed by atoms with Gasteiger partial charge in [0.25, 0.3) is 0 Å². The van der Waals surface area contributed by atoms with Crippen LogP contribution in [0.4, 0.5) is 8.78 Å². The van der Waals surface area contributed by atoms with Crippen molar-refractivity contribution in [3.05, 3.63) is 71.5 Å². The summed E-state index contributed by atoms with van der Waals surface area (Å²) in [7, 11) is 0. The van der Waals surface area contributed by atoms with E-state index in [4.69, 9.17) is 0 Å². The summed E-state index contributed by atoms with van der Waals surface area (Å²) in [6, 6.07) is 15.9.